The summed E-state index contributed by atoms with van der Waals surface area (Å²) in [4.78, 5) is 12.8. The third-order valence-electron chi connectivity index (χ3n) is 2.47. The van der Waals surface area contributed by atoms with Crippen molar-refractivity contribution in [1.82, 2.24) is 4.90 Å². The minimum Gasteiger partial charge on any atom is -0.442 e. The second-order valence-electron chi connectivity index (χ2n) is 3.90. The summed E-state index contributed by atoms with van der Waals surface area (Å²) in [6.45, 7) is 0.393. The Kier molecular flexibility index (Phi) is 5.64. The molecule has 0 spiro atoms. The Labute approximate surface area is 109 Å². The predicted octanol–water partition coefficient (Wildman–Crippen LogP) is 0.834. The van der Waals surface area contributed by atoms with Crippen molar-refractivity contribution in [2.75, 3.05) is 34.9 Å². The Bertz CT molecular complexity index is 263. The van der Waals surface area contributed by atoms with Crippen LogP contribution in [-0.4, -0.2) is 69.2 Å². The summed E-state index contributed by atoms with van der Waals surface area (Å²) in [6.07, 6.45) is -1.86. The van der Waals surface area contributed by atoms with Crippen molar-refractivity contribution in [2.45, 2.75) is 23.3 Å². The number of hydrogen-bond donors (Lipinski definition) is 0. The first kappa shape index (κ1) is 14.7. The molecule has 0 aromatic carbocycles. The molecule has 0 aromatic heterocycles. The van der Waals surface area contributed by atoms with Gasteiger partial charge in [-0.1, -0.05) is 15.9 Å². The fourth-order valence-corrected chi connectivity index (χ4v) is 2.11. The standard InChI is InChI=1S/C10H18BrNO5/c1-12(2)10(13)17-7-6(11)5-16-9(15-4)8(7)14-3/h6-9H,5H2,1-4H3. The van der Waals surface area contributed by atoms with Crippen LogP contribution in [0, 0.1) is 0 Å². The Morgan fingerprint density at radius 3 is 2.41 bits per heavy atom. The van der Waals surface area contributed by atoms with Gasteiger partial charge in [-0.15, -0.1) is 0 Å². The average molecular weight is 312 g/mol. The van der Waals surface area contributed by atoms with Crippen LogP contribution in [0.3, 0.4) is 0 Å². The molecule has 0 radical (unpaired) electrons. The number of carbonyl (C=O) groups excluding carboxylic acids is 1. The van der Waals surface area contributed by atoms with E-state index in [0.29, 0.717) is 6.61 Å². The van der Waals surface area contributed by atoms with E-state index in [4.69, 9.17) is 18.9 Å². The molecule has 17 heavy (non-hydrogen) atoms. The van der Waals surface area contributed by atoms with Gasteiger partial charge in [0.05, 0.1) is 11.4 Å². The van der Waals surface area contributed by atoms with Crippen molar-refractivity contribution in [3.05, 3.63) is 0 Å². The minimum atomic E-state index is -0.534. The van der Waals surface area contributed by atoms with E-state index in [1.807, 2.05) is 0 Å². The first-order chi connectivity index (χ1) is 8.01. The molecule has 7 heteroatoms. The van der Waals surface area contributed by atoms with Crippen molar-refractivity contribution in [3.63, 3.8) is 0 Å². The fraction of sp³-hybridized carbons (Fsp3) is 0.900. The van der Waals surface area contributed by atoms with Crippen LogP contribution in [0.1, 0.15) is 0 Å². The quantitative estimate of drug-likeness (QED) is 0.723. The van der Waals surface area contributed by atoms with Gasteiger partial charge >= 0.3 is 6.09 Å². The molecule has 1 saturated heterocycles. The van der Waals surface area contributed by atoms with Gasteiger partial charge in [-0.25, -0.2) is 4.79 Å². The molecule has 0 aromatic rings. The van der Waals surface area contributed by atoms with Crippen molar-refractivity contribution >= 4 is 22.0 Å². The van der Waals surface area contributed by atoms with Crippen molar-refractivity contribution in [1.29, 1.82) is 0 Å². The molecule has 1 aliphatic heterocycles. The first-order valence-corrected chi connectivity index (χ1v) is 6.12. The SMILES string of the molecule is COC1OCC(Br)C(OC(=O)N(C)C)C1OC. The number of alkyl halides is 1. The fourth-order valence-electron chi connectivity index (χ4n) is 1.55. The van der Waals surface area contributed by atoms with Gasteiger partial charge in [-0.2, -0.15) is 0 Å². The van der Waals surface area contributed by atoms with Crippen LogP contribution < -0.4 is 0 Å². The molecule has 1 aliphatic rings. The highest BCUT2D eigenvalue weighted by Crippen LogP contribution is 2.26. The van der Waals surface area contributed by atoms with E-state index < -0.39 is 24.6 Å². The molecule has 1 heterocycles. The monoisotopic (exact) mass is 311 g/mol. The number of hydrogen-bond acceptors (Lipinski definition) is 5. The maximum atomic E-state index is 11.6. The van der Waals surface area contributed by atoms with E-state index in [1.54, 1.807) is 14.1 Å². The molecule has 6 nitrogen and oxygen atoms in total. The normalized spacial score (nSPS) is 33.2. The highest BCUT2D eigenvalue weighted by Gasteiger charge is 2.42. The van der Waals surface area contributed by atoms with Crippen LogP contribution in [-0.2, 0) is 18.9 Å². The third-order valence-corrected chi connectivity index (χ3v) is 3.26. The Morgan fingerprint density at radius 2 is 1.94 bits per heavy atom. The molecule has 0 N–H and O–H groups in total. The summed E-state index contributed by atoms with van der Waals surface area (Å²) >= 11 is 3.41. The zero-order valence-electron chi connectivity index (χ0n) is 10.4. The van der Waals surface area contributed by atoms with E-state index in [1.165, 1.54) is 19.1 Å². The summed E-state index contributed by atoms with van der Waals surface area (Å²) < 4.78 is 21.2. The second-order valence-corrected chi connectivity index (χ2v) is 5.07. The molecule has 100 valence electrons. The number of nitrogens with zero attached hydrogens (tertiary/aromatic N) is 1. The van der Waals surface area contributed by atoms with Crippen LogP contribution in [0.15, 0.2) is 0 Å². The van der Waals surface area contributed by atoms with E-state index in [0.717, 1.165) is 0 Å². The van der Waals surface area contributed by atoms with Gasteiger partial charge in [0.2, 0.25) is 0 Å². The van der Waals surface area contributed by atoms with Gasteiger partial charge < -0.3 is 23.8 Å². The van der Waals surface area contributed by atoms with Crippen molar-refractivity contribution < 1.29 is 23.7 Å². The highest BCUT2D eigenvalue weighted by atomic mass is 79.9. The molecule has 4 unspecified atom stereocenters. The average Bonchev–Trinajstić information content (AvgIpc) is 2.31. The molecular weight excluding hydrogens is 294 g/mol. The van der Waals surface area contributed by atoms with Gasteiger partial charge in [0, 0.05) is 28.3 Å². The van der Waals surface area contributed by atoms with Crippen LogP contribution in [0.5, 0.6) is 0 Å². The van der Waals surface area contributed by atoms with Crippen LogP contribution in [0.2, 0.25) is 0 Å². The van der Waals surface area contributed by atoms with Gasteiger partial charge in [0.1, 0.15) is 12.2 Å². The van der Waals surface area contributed by atoms with Gasteiger partial charge in [0.15, 0.2) is 6.29 Å². The summed E-state index contributed by atoms with van der Waals surface area (Å²) in [7, 11) is 6.30. The Hall–Kier alpha value is -0.370. The van der Waals surface area contributed by atoms with Gasteiger partial charge in [-0.3, -0.25) is 0 Å². The number of rotatable bonds is 3. The number of methoxy groups -OCH3 is 2. The molecule has 0 bridgehead atoms. The van der Waals surface area contributed by atoms with E-state index >= 15 is 0 Å². The smallest absolute Gasteiger partial charge is 0.409 e. The largest absolute Gasteiger partial charge is 0.442 e. The third kappa shape index (κ3) is 3.54. The maximum absolute atomic E-state index is 11.6. The Morgan fingerprint density at radius 1 is 1.29 bits per heavy atom. The molecule has 1 fully saturated rings. The minimum absolute atomic E-state index is 0.122. The lowest BCUT2D eigenvalue weighted by Gasteiger charge is -2.38. The molecule has 4 atom stereocenters. The van der Waals surface area contributed by atoms with Crippen LogP contribution in [0.25, 0.3) is 0 Å². The lowest BCUT2D eigenvalue weighted by Crippen LogP contribution is -2.54. The number of halogens is 1. The summed E-state index contributed by atoms with van der Waals surface area (Å²) in [5, 5.41) is 0. The van der Waals surface area contributed by atoms with Crippen LogP contribution in [0.4, 0.5) is 4.79 Å². The molecular formula is C10H18BrNO5. The predicted molar refractivity (Wildman–Crippen MR) is 64.2 cm³/mol. The number of ether oxygens (including phenoxy) is 4. The van der Waals surface area contributed by atoms with E-state index in [2.05, 4.69) is 15.9 Å². The lowest BCUT2D eigenvalue weighted by molar-refractivity contribution is -0.237. The van der Waals surface area contributed by atoms with Crippen molar-refractivity contribution in [3.8, 4) is 0 Å². The van der Waals surface area contributed by atoms with Crippen LogP contribution >= 0.6 is 15.9 Å². The van der Waals surface area contributed by atoms with Crippen molar-refractivity contribution in [2.24, 2.45) is 0 Å². The summed E-state index contributed by atoms with van der Waals surface area (Å²) in [5.74, 6) is 0. The Balaban J connectivity index is 2.73. The molecule has 0 saturated carbocycles. The van der Waals surface area contributed by atoms with E-state index in [-0.39, 0.29) is 4.83 Å². The molecule has 1 rings (SSSR count). The zero-order valence-corrected chi connectivity index (χ0v) is 12.0. The van der Waals surface area contributed by atoms with Gasteiger partial charge in [-0.05, 0) is 0 Å². The first-order valence-electron chi connectivity index (χ1n) is 5.20. The van der Waals surface area contributed by atoms with E-state index in [9.17, 15) is 4.79 Å². The molecule has 0 aliphatic carbocycles. The maximum Gasteiger partial charge on any atom is 0.409 e. The lowest BCUT2D eigenvalue weighted by atomic mass is 10.1. The second kappa shape index (κ2) is 6.53. The summed E-state index contributed by atoms with van der Waals surface area (Å²) in [5.41, 5.74) is 0. The summed E-state index contributed by atoms with van der Waals surface area (Å²) in [6, 6.07) is 0. The highest BCUT2D eigenvalue weighted by molar-refractivity contribution is 9.09. The molecule has 1 amide bonds. The zero-order chi connectivity index (χ0) is 13.0. The number of carbonyl (C=O) groups is 1. The van der Waals surface area contributed by atoms with Gasteiger partial charge in [0.25, 0.3) is 0 Å². The topological polar surface area (TPSA) is 57.2 Å². The number of amides is 1.